The Hall–Kier alpha value is -2.55. The van der Waals surface area contributed by atoms with Crippen LogP contribution >= 0.6 is 34.5 Å². The number of hydrogen-bond acceptors (Lipinski definition) is 6. The minimum absolute atomic E-state index is 0.0201. The average Bonchev–Trinajstić information content (AvgIpc) is 3.30. The maximum Gasteiger partial charge on any atom is 0.347 e. The van der Waals surface area contributed by atoms with Gasteiger partial charge in [-0.15, -0.1) is 11.3 Å². The lowest BCUT2D eigenvalue weighted by Crippen LogP contribution is -2.49. The third-order valence-electron chi connectivity index (χ3n) is 5.34. The number of rotatable bonds is 4. The number of alkyl halides is 1. The van der Waals surface area contributed by atoms with Gasteiger partial charge in [0.25, 0.3) is 11.5 Å². The van der Waals surface area contributed by atoms with Crippen molar-refractivity contribution in [2.45, 2.75) is 0 Å². The topological polar surface area (TPSA) is 71.8 Å². The second-order valence-corrected chi connectivity index (χ2v) is 8.65. The third kappa shape index (κ3) is 4.03. The summed E-state index contributed by atoms with van der Waals surface area (Å²) < 4.78 is 6.37. The Balaban J connectivity index is 1.76. The highest BCUT2D eigenvalue weighted by molar-refractivity contribution is 7.12. The summed E-state index contributed by atoms with van der Waals surface area (Å²) in [6, 6.07) is 8.45. The predicted octanol–water partition coefficient (Wildman–Crippen LogP) is 3.57. The number of halogens is 2. The quantitative estimate of drug-likeness (QED) is 0.422. The molecule has 0 unspecified atom stereocenters. The predicted molar refractivity (Wildman–Crippen MR) is 123 cm³/mol. The van der Waals surface area contributed by atoms with Crippen LogP contribution < -0.4 is 10.5 Å². The molecule has 1 aromatic carbocycles. The molecule has 1 amide bonds. The molecule has 7 nitrogen and oxygen atoms in total. The smallest absolute Gasteiger partial charge is 0.347 e. The minimum atomic E-state index is -0.787. The molecule has 162 valence electrons. The minimum Gasteiger partial charge on any atom is -0.446 e. The first kappa shape index (κ1) is 21.7. The van der Waals surface area contributed by atoms with E-state index in [0.29, 0.717) is 52.7 Å². The first-order valence-corrected chi connectivity index (χ1v) is 11.3. The van der Waals surface area contributed by atoms with Crippen molar-refractivity contribution in [1.29, 1.82) is 0 Å². The van der Waals surface area contributed by atoms with Crippen molar-refractivity contribution in [3.63, 3.8) is 0 Å². The zero-order valence-electron chi connectivity index (χ0n) is 16.6. The van der Waals surface area contributed by atoms with Gasteiger partial charge in [-0.25, -0.2) is 4.79 Å². The Morgan fingerprint density at radius 3 is 2.55 bits per heavy atom. The first-order valence-electron chi connectivity index (χ1n) is 9.55. The van der Waals surface area contributed by atoms with Crippen molar-refractivity contribution >= 4 is 63.0 Å². The Morgan fingerprint density at radius 1 is 1.16 bits per heavy atom. The lowest BCUT2D eigenvalue weighted by molar-refractivity contribution is 0.0571. The normalized spacial score (nSPS) is 14.2. The van der Waals surface area contributed by atoms with Crippen LogP contribution in [-0.4, -0.2) is 53.6 Å². The van der Waals surface area contributed by atoms with Gasteiger partial charge in [-0.2, -0.15) is 0 Å². The van der Waals surface area contributed by atoms with Gasteiger partial charge < -0.3 is 19.1 Å². The number of piperazine rings is 1. The molecular weight excluding hydrogens is 461 g/mol. The summed E-state index contributed by atoms with van der Waals surface area (Å²) in [5.74, 6) is -0.808. The van der Waals surface area contributed by atoms with Crippen LogP contribution in [0.4, 0.5) is 5.69 Å². The van der Waals surface area contributed by atoms with Crippen LogP contribution in [0.5, 0.6) is 0 Å². The number of pyridine rings is 1. The van der Waals surface area contributed by atoms with E-state index in [0.717, 1.165) is 0 Å². The molecule has 0 N–H and O–H groups in total. The molecule has 1 aliphatic heterocycles. The zero-order valence-corrected chi connectivity index (χ0v) is 19.0. The summed E-state index contributed by atoms with van der Waals surface area (Å²) in [5.41, 5.74) is 0.538. The number of thiophene rings is 1. The molecule has 3 heterocycles. The van der Waals surface area contributed by atoms with Crippen LogP contribution in [0, 0.1) is 0 Å². The first-order chi connectivity index (χ1) is 14.9. The van der Waals surface area contributed by atoms with Gasteiger partial charge in [0.1, 0.15) is 5.56 Å². The number of anilines is 1. The molecule has 0 radical (unpaired) electrons. The lowest BCUT2D eigenvalue weighted by atomic mass is 10.1. The summed E-state index contributed by atoms with van der Waals surface area (Å²) in [6.07, 6.45) is 0. The number of hydrogen-bond donors (Lipinski definition) is 0. The molecule has 1 aliphatic rings. The number of esters is 1. The standard InChI is InChI=1S/C21H19Cl2N3O4S/c1-24-15-5-4-13(23)11-14(15)18(17(20(24)28)21(29)30-12-22)25-6-8-26(9-7-25)19(27)16-3-2-10-31-16/h2-5,10-11H,6-9,12H2,1H3. The second kappa shape index (κ2) is 8.90. The summed E-state index contributed by atoms with van der Waals surface area (Å²) in [5, 5.41) is 3.01. The molecule has 4 rings (SSSR count). The Labute approximate surface area is 192 Å². The number of amides is 1. The van der Waals surface area contributed by atoms with Gasteiger partial charge >= 0.3 is 5.97 Å². The van der Waals surface area contributed by atoms with Gasteiger partial charge in [0.05, 0.1) is 16.1 Å². The summed E-state index contributed by atoms with van der Waals surface area (Å²) in [6.45, 7) is 1.82. The SMILES string of the molecule is Cn1c(=O)c(C(=O)OCCl)c(N2CCN(C(=O)c3cccs3)CC2)c2cc(Cl)ccc21. The molecule has 0 bridgehead atoms. The summed E-state index contributed by atoms with van der Waals surface area (Å²) >= 11 is 13.2. The van der Waals surface area contributed by atoms with Crippen LogP contribution in [-0.2, 0) is 11.8 Å². The highest BCUT2D eigenvalue weighted by Crippen LogP contribution is 2.32. The molecule has 0 saturated carbocycles. The van der Waals surface area contributed by atoms with E-state index in [4.69, 9.17) is 27.9 Å². The number of aromatic nitrogens is 1. The van der Waals surface area contributed by atoms with Crippen molar-refractivity contribution in [3.8, 4) is 0 Å². The number of carbonyl (C=O) groups excluding carboxylic acids is 2. The average molecular weight is 480 g/mol. The Bertz CT molecular complexity index is 1200. The fourth-order valence-corrected chi connectivity index (χ4v) is 4.79. The van der Waals surface area contributed by atoms with E-state index in [1.807, 2.05) is 16.3 Å². The molecule has 0 atom stereocenters. The number of carbonyl (C=O) groups is 2. The lowest BCUT2D eigenvalue weighted by Gasteiger charge is -2.37. The van der Waals surface area contributed by atoms with E-state index in [9.17, 15) is 14.4 Å². The van der Waals surface area contributed by atoms with Crippen molar-refractivity contribution in [1.82, 2.24) is 9.47 Å². The molecule has 0 aliphatic carbocycles. The number of aryl methyl sites for hydroxylation is 1. The van der Waals surface area contributed by atoms with Crippen LogP contribution in [0.15, 0.2) is 40.5 Å². The highest BCUT2D eigenvalue weighted by Gasteiger charge is 2.30. The van der Waals surface area contributed by atoms with Crippen molar-refractivity contribution in [2.75, 3.05) is 37.1 Å². The maximum atomic E-state index is 13.1. The zero-order chi connectivity index (χ0) is 22.1. The second-order valence-electron chi connectivity index (χ2n) is 7.05. The molecule has 10 heteroatoms. The molecular formula is C21H19Cl2N3O4S. The number of benzene rings is 1. The monoisotopic (exact) mass is 479 g/mol. The maximum absolute atomic E-state index is 13.1. The van der Waals surface area contributed by atoms with Crippen molar-refractivity contribution in [2.24, 2.45) is 7.05 Å². The van der Waals surface area contributed by atoms with E-state index < -0.39 is 11.5 Å². The third-order valence-corrected chi connectivity index (χ3v) is 6.54. The van der Waals surface area contributed by atoms with Gasteiger partial charge in [0.2, 0.25) is 0 Å². The number of fused-ring (bicyclic) bond motifs is 1. The van der Waals surface area contributed by atoms with Crippen LogP contribution in [0.25, 0.3) is 10.9 Å². The largest absolute Gasteiger partial charge is 0.446 e. The Kier molecular flexibility index (Phi) is 6.22. The molecule has 1 saturated heterocycles. The Morgan fingerprint density at radius 2 is 1.90 bits per heavy atom. The molecule has 31 heavy (non-hydrogen) atoms. The molecule has 1 fully saturated rings. The van der Waals surface area contributed by atoms with Gasteiger partial charge in [-0.1, -0.05) is 29.3 Å². The van der Waals surface area contributed by atoms with Crippen LogP contribution in [0.1, 0.15) is 20.0 Å². The number of nitrogens with zero attached hydrogens (tertiary/aromatic N) is 3. The number of ether oxygens (including phenoxy) is 1. The van der Waals surface area contributed by atoms with Crippen LogP contribution in [0.2, 0.25) is 5.02 Å². The molecule has 0 spiro atoms. The van der Waals surface area contributed by atoms with E-state index >= 15 is 0 Å². The summed E-state index contributed by atoms with van der Waals surface area (Å²) in [7, 11) is 1.59. The van der Waals surface area contributed by atoms with E-state index in [-0.39, 0.29) is 17.5 Å². The van der Waals surface area contributed by atoms with E-state index in [1.165, 1.54) is 15.9 Å². The summed E-state index contributed by atoms with van der Waals surface area (Å²) in [4.78, 5) is 42.8. The fraction of sp³-hybridized carbons (Fsp3) is 0.286. The molecule has 2 aromatic heterocycles. The highest BCUT2D eigenvalue weighted by atomic mass is 35.5. The van der Waals surface area contributed by atoms with Crippen LogP contribution in [0.3, 0.4) is 0 Å². The fourth-order valence-electron chi connectivity index (χ4n) is 3.83. The van der Waals surface area contributed by atoms with Gasteiger partial charge in [0.15, 0.2) is 6.07 Å². The van der Waals surface area contributed by atoms with E-state index in [1.54, 1.807) is 36.2 Å². The van der Waals surface area contributed by atoms with Gasteiger partial charge in [-0.05, 0) is 29.6 Å². The van der Waals surface area contributed by atoms with Crippen molar-refractivity contribution in [3.05, 3.63) is 61.5 Å². The van der Waals surface area contributed by atoms with E-state index in [2.05, 4.69) is 0 Å². The van der Waals surface area contributed by atoms with Gasteiger partial charge in [0, 0.05) is 43.6 Å². The van der Waals surface area contributed by atoms with Gasteiger partial charge in [-0.3, -0.25) is 9.59 Å². The van der Waals surface area contributed by atoms with Crippen molar-refractivity contribution < 1.29 is 14.3 Å². The molecule has 3 aromatic rings.